The van der Waals surface area contributed by atoms with Crippen LogP contribution in [0, 0.1) is 20.8 Å². The number of rotatable bonds is 2. The second-order valence-corrected chi connectivity index (χ2v) is 4.82. The third-order valence-corrected chi connectivity index (χ3v) is 3.22. The van der Waals surface area contributed by atoms with Gasteiger partial charge >= 0.3 is 0 Å². The largest absolute Gasteiger partial charge is 0.355 e. The van der Waals surface area contributed by atoms with Gasteiger partial charge < -0.3 is 5.32 Å². The zero-order chi connectivity index (χ0) is 12.4. The van der Waals surface area contributed by atoms with Crippen molar-refractivity contribution in [3.05, 3.63) is 58.1 Å². The van der Waals surface area contributed by atoms with Crippen molar-refractivity contribution in [3.8, 4) is 0 Å². The van der Waals surface area contributed by atoms with E-state index in [-0.39, 0.29) is 0 Å². The van der Waals surface area contributed by atoms with E-state index in [1.54, 1.807) is 0 Å². The zero-order valence-corrected chi connectivity index (χ0v) is 11.1. The molecule has 1 nitrogen and oxygen atoms in total. The van der Waals surface area contributed by atoms with Crippen molar-refractivity contribution in [1.29, 1.82) is 0 Å². The average Bonchev–Trinajstić information content (AvgIpc) is 2.29. The van der Waals surface area contributed by atoms with E-state index in [9.17, 15) is 0 Å². The van der Waals surface area contributed by atoms with Gasteiger partial charge in [0.2, 0.25) is 0 Å². The summed E-state index contributed by atoms with van der Waals surface area (Å²) in [4.78, 5) is 0. The fourth-order valence-electron chi connectivity index (χ4n) is 1.70. The van der Waals surface area contributed by atoms with E-state index in [0.29, 0.717) is 0 Å². The fraction of sp³-hybridized carbons (Fsp3) is 0.200. The molecular formula is C15H16ClN. The molecule has 2 aromatic rings. The van der Waals surface area contributed by atoms with E-state index in [4.69, 9.17) is 11.6 Å². The maximum absolute atomic E-state index is 6.00. The van der Waals surface area contributed by atoms with Crippen LogP contribution in [0.25, 0.3) is 0 Å². The molecule has 17 heavy (non-hydrogen) atoms. The summed E-state index contributed by atoms with van der Waals surface area (Å²) in [6.07, 6.45) is 0. The highest BCUT2D eigenvalue weighted by molar-refractivity contribution is 6.30. The second kappa shape index (κ2) is 4.80. The minimum absolute atomic E-state index is 0.752. The van der Waals surface area contributed by atoms with Crippen LogP contribution in [-0.2, 0) is 0 Å². The monoisotopic (exact) mass is 245 g/mol. The fourth-order valence-corrected chi connectivity index (χ4v) is 1.88. The summed E-state index contributed by atoms with van der Waals surface area (Å²) in [5.74, 6) is 0. The Labute approximate surface area is 107 Å². The maximum atomic E-state index is 6.00. The van der Waals surface area contributed by atoms with E-state index in [2.05, 4.69) is 44.3 Å². The molecule has 0 radical (unpaired) electrons. The van der Waals surface area contributed by atoms with E-state index in [1.807, 2.05) is 18.2 Å². The van der Waals surface area contributed by atoms with Crippen molar-refractivity contribution in [2.24, 2.45) is 0 Å². The molecule has 2 rings (SSSR count). The Morgan fingerprint density at radius 3 is 2.24 bits per heavy atom. The normalized spacial score (nSPS) is 10.4. The van der Waals surface area contributed by atoms with Gasteiger partial charge in [0.1, 0.15) is 0 Å². The van der Waals surface area contributed by atoms with Gasteiger partial charge in [-0.05, 0) is 61.7 Å². The molecule has 0 aliphatic heterocycles. The molecule has 0 bridgehead atoms. The smallest absolute Gasteiger partial charge is 0.0428 e. The Balaban J connectivity index is 2.31. The molecule has 0 aromatic heterocycles. The summed E-state index contributed by atoms with van der Waals surface area (Å²) in [6.45, 7) is 6.30. The van der Waals surface area contributed by atoms with Crippen LogP contribution < -0.4 is 5.32 Å². The van der Waals surface area contributed by atoms with Gasteiger partial charge in [-0.1, -0.05) is 23.7 Å². The number of nitrogens with one attached hydrogen (secondary N) is 1. The van der Waals surface area contributed by atoms with Gasteiger partial charge in [0.15, 0.2) is 0 Å². The lowest BCUT2D eigenvalue weighted by atomic mass is 10.1. The van der Waals surface area contributed by atoms with Crippen LogP contribution in [0.2, 0.25) is 5.02 Å². The molecule has 2 aromatic carbocycles. The molecule has 2 heteroatoms. The molecule has 0 heterocycles. The minimum atomic E-state index is 0.752. The van der Waals surface area contributed by atoms with Crippen LogP contribution in [0.1, 0.15) is 16.7 Å². The van der Waals surface area contributed by atoms with Crippen molar-refractivity contribution in [2.75, 3.05) is 5.32 Å². The molecule has 0 unspecified atom stereocenters. The summed E-state index contributed by atoms with van der Waals surface area (Å²) in [6, 6.07) is 12.2. The first-order chi connectivity index (χ1) is 8.06. The highest BCUT2D eigenvalue weighted by Gasteiger charge is 2.01. The highest BCUT2D eigenvalue weighted by Crippen LogP contribution is 2.25. The van der Waals surface area contributed by atoms with Crippen molar-refractivity contribution >= 4 is 23.0 Å². The number of halogens is 1. The molecule has 0 fully saturated rings. The summed E-state index contributed by atoms with van der Waals surface area (Å²) in [5.41, 5.74) is 5.93. The predicted octanol–water partition coefficient (Wildman–Crippen LogP) is 5.01. The quantitative estimate of drug-likeness (QED) is 0.784. The Bertz CT molecular complexity index is 547. The van der Waals surface area contributed by atoms with Crippen molar-refractivity contribution in [3.63, 3.8) is 0 Å². The lowest BCUT2D eigenvalue weighted by Crippen LogP contribution is -1.94. The Hall–Kier alpha value is -1.47. The maximum Gasteiger partial charge on any atom is 0.0428 e. The van der Waals surface area contributed by atoms with Crippen LogP contribution in [0.3, 0.4) is 0 Å². The van der Waals surface area contributed by atoms with Crippen molar-refractivity contribution in [1.82, 2.24) is 0 Å². The van der Waals surface area contributed by atoms with Gasteiger partial charge in [0.25, 0.3) is 0 Å². The first-order valence-corrected chi connectivity index (χ1v) is 6.04. The summed E-state index contributed by atoms with van der Waals surface area (Å²) >= 11 is 6.00. The molecule has 0 saturated heterocycles. The van der Waals surface area contributed by atoms with E-state index >= 15 is 0 Å². The van der Waals surface area contributed by atoms with Crippen LogP contribution >= 0.6 is 11.6 Å². The number of hydrogen-bond donors (Lipinski definition) is 1. The molecule has 0 aliphatic rings. The average molecular weight is 246 g/mol. The van der Waals surface area contributed by atoms with E-state index < -0.39 is 0 Å². The SMILES string of the molecule is Cc1ccc(Nc2cc(Cl)ccc2C)cc1C. The summed E-state index contributed by atoms with van der Waals surface area (Å²) < 4.78 is 0. The van der Waals surface area contributed by atoms with Gasteiger partial charge in [0, 0.05) is 16.4 Å². The molecule has 0 aliphatic carbocycles. The Morgan fingerprint density at radius 1 is 0.824 bits per heavy atom. The number of benzene rings is 2. The number of hydrogen-bond acceptors (Lipinski definition) is 1. The molecule has 88 valence electrons. The van der Waals surface area contributed by atoms with Crippen molar-refractivity contribution in [2.45, 2.75) is 20.8 Å². The minimum Gasteiger partial charge on any atom is -0.355 e. The molecule has 0 amide bonds. The van der Waals surface area contributed by atoms with E-state index in [0.717, 1.165) is 16.4 Å². The molecule has 0 spiro atoms. The first kappa shape index (κ1) is 12.0. The van der Waals surface area contributed by atoms with Crippen LogP contribution in [0.5, 0.6) is 0 Å². The van der Waals surface area contributed by atoms with Crippen LogP contribution in [0.15, 0.2) is 36.4 Å². The molecule has 1 N–H and O–H groups in total. The lowest BCUT2D eigenvalue weighted by Gasteiger charge is -2.11. The van der Waals surface area contributed by atoms with Gasteiger partial charge in [-0.25, -0.2) is 0 Å². The van der Waals surface area contributed by atoms with Crippen LogP contribution in [0.4, 0.5) is 11.4 Å². The third-order valence-electron chi connectivity index (χ3n) is 2.99. The number of anilines is 2. The van der Waals surface area contributed by atoms with Gasteiger partial charge in [-0.3, -0.25) is 0 Å². The topological polar surface area (TPSA) is 12.0 Å². The summed E-state index contributed by atoms with van der Waals surface area (Å²) in [5, 5.41) is 4.15. The van der Waals surface area contributed by atoms with Gasteiger partial charge in [-0.15, -0.1) is 0 Å². The molecule has 0 saturated carbocycles. The van der Waals surface area contributed by atoms with Crippen molar-refractivity contribution < 1.29 is 0 Å². The van der Waals surface area contributed by atoms with E-state index in [1.165, 1.54) is 16.7 Å². The predicted molar refractivity (Wildman–Crippen MR) is 75.4 cm³/mol. The molecular weight excluding hydrogens is 230 g/mol. The lowest BCUT2D eigenvalue weighted by molar-refractivity contribution is 1.33. The standard InChI is InChI=1S/C15H16ClN/c1-10-5-7-14(8-12(10)3)17-15-9-13(16)6-4-11(15)2/h4-9,17H,1-3H3. The zero-order valence-electron chi connectivity index (χ0n) is 10.3. The first-order valence-electron chi connectivity index (χ1n) is 5.67. The highest BCUT2D eigenvalue weighted by atomic mass is 35.5. The van der Waals surface area contributed by atoms with Gasteiger partial charge in [0.05, 0.1) is 0 Å². The molecule has 0 atom stereocenters. The Morgan fingerprint density at radius 2 is 1.53 bits per heavy atom. The summed E-state index contributed by atoms with van der Waals surface area (Å²) in [7, 11) is 0. The van der Waals surface area contributed by atoms with Gasteiger partial charge in [-0.2, -0.15) is 0 Å². The van der Waals surface area contributed by atoms with Crippen LogP contribution in [-0.4, -0.2) is 0 Å². The second-order valence-electron chi connectivity index (χ2n) is 4.38. The Kier molecular flexibility index (Phi) is 3.39. The number of aryl methyl sites for hydroxylation is 3. The third kappa shape index (κ3) is 2.80.